The Morgan fingerprint density at radius 1 is 1.42 bits per heavy atom. The maximum atomic E-state index is 12.6. The maximum Gasteiger partial charge on any atom is 0.283 e. The zero-order valence-electron chi connectivity index (χ0n) is 6.61. The van der Waals surface area contributed by atoms with Gasteiger partial charge in [-0.15, -0.1) is 0 Å². The smallest absolute Gasteiger partial charge is 0.283 e. The lowest BCUT2D eigenvalue weighted by Gasteiger charge is -2.37. The van der Waals surface area contributed by atoms with Crippen molar-refractivity contribution in [2.45, 2.75) is 18.1 Å². The number of alkyl halides is 2. The van der Waals surface area contributed by atoms with Crippen molar-refractivity contribution in [3.63, 3.8) is 0 Å². The molecule has 2 saturated heterocycles. The van der Waals surface area contributed by atoms with Crippen molar-refractivity contribution in [1.82, 2.24) is 5.32 Å². The van der Waals surface area contributed by atoms with E-state index in [1.165, 1.54) is 0 Å². The van der Waals surface area contributed by atoms with Crippen LogP contribution in [0.5, 0.6) is 0 Å². The summed E-state index contributed by atoms with van der Waals surface area (Å²) in [5, 5.41) is 2.79. The Kier molecular flexibility index (Phi) is 2.05. The lowest BCUT2D eigenvalue weighted by Crippen LogP contribution is -2.59. The molecule has 12 heavy (non-hydrogen) atoms. The van der Waals surface area contributed by atoms with E-state index in [-0.39, 0.29) is 6.54 Å². The Labute approximate surface area is 74.0 Å². The molecule has 0 aliphatic carbocycles. The minimum Gasteiger partial charge on any atom is -0.353 e. The molecule has 0 aromatic heterocycles. The minimum absolute atomic E-state index is 0.243. The van der Waals surface area contributed by atoms with Crippen LogP contribution in [-0.2, 0) is 4.74 Å². The summed E-state index contributed by atoms with van der Waals surface area (Å²) in [6.45, 7) is -0.673. The van der Waals surface area contributed by atoms with Gasteiger partial charge >= 0.3 is 0 Å². The molecular weight excluding hydrogens is 184 g/mol. The molecule has 2 nitrogen and oxygen atoms in total. The van der Waals surface area contributed by atoms with Crippen LogP contribution < -0.4 is 5.32 Å². The van der Waals surface area contributed by atoms with Gasteiger partial charge in [0.05, 0.1) is 6.54 Å². The highest BCUT2D eigenvalue weighted by Crippen LogP contribution is 2.33. The highest BCUT2D eigenvalue weighted by atomic mass is 32.2. The molecule has 1 spiro atoms. The molecule has 0 aromatic carbocycles. The Bertz CT molecular complexity index is 170. The van der Waals surface area contributed by atoms with Crippen molar-refractivity contribution < 1.29 is 13.5 Å². The fraction of sp³-hybridized carbons (Fsp3) is 1.00. The first-order valence-electron chi connectivity index (χ1n) is 3.97. The van der Waals surface area contributed by atoms with E-state index in [1.54, 1.807) is 11.8 Å². The molecule has 2 aliphatic rings. The predicted molar refractivity (Wildman–Crippen MR) is 43.6 cm³/mol. The second kappa shape index (κ2) is 2.82. The predicted octanol–water partition coefficient (Wildman–Crippen LogP) is 1.07. The van der Waals surface area contributed by atoms with Crippen molar-refractivity contribution >= 4 is 11.8 Å². The zero-order valence-corrected chi connectivity index (χ0v) is 7.42. The Hall–Kier alpha value is 0.130. The number of thioether (sulfide) groups is 1. The van der Waals surface area contributed by atoms with E-state index in [1.807, 2.05) is 0 Å². The van der Waals surface area contributed by atoms with Crippen LogP contribution >= 0.6 is 11.8 Å². The first-order valence-corrected chi connectivity index (χ1v) is 5.12. The van der Waals surface area contributed by atoms with Crippen LogP contribution in [0.3, 0.4) is 0 Å². The number of rotatable bonds is 0. The number of nitrogens with one attached hydrogen (secondary N) is 1. The SMILES string of the molecule is FC1(F)CNC2(CCSC2)OC1. The molecule has 70 valence electrons. The number of halogens is 2. The summed E-state index contributed by atoms with van der Waals surface area (Å²) in [6.07, 6.45) is 0.841. The van der Waals surface area contributed by atoms with Gasteiger partial charge in [0, 0.05) is 5.75 Å². The molecule has 2 heterocycles. The Balaban J connectivity index is 1.97. The van der Waals surface area contributed by atoms with Gasteiger partial charge in [0.2, 0.25) is 0 Å². The molecule has 0 aromatic rings. The van der Waals surface area contributed by atoms with E-state index in [2.05, 4.69) is 5.32 Å². The van der Waals surface area contributed by atoms with E-state index >= 15 is 0 Å². The van der Waals surface area contributed by atoms with E-state index in [0.717, 1.165) is 17.9 Å². The van der Waals surface area contributed by atoms with Crippen molar-refractivity contribution in [3.05, 3.63) is 0 Å². The van der Waals surface area contributed by atoms with Gasteiger partial charge in [0.15, 0.2) is 0 Å². The van der Waals surface area contributed by atoms with Gasteiger partial charge in [0.25, 0.3) is 5.92 Å². The zero-order chi connectivity index (χ0) is 8.66. The molecule has 1 unspecified atom stereocenters. The topological polar surface area (TPSA) is 21.3 Å². The van der Waals surface area contributed by atoms with Gasteiger partial charge in [0.1, 0.15) is 12.3 Å². The highest BCUT2D eigenvalue weighted by molar-refractivity contribution is 7.99. The number of ether oxygens (including phenoxy) is 1. The van der Waals surface area contributed by atoms with Crippen LogP contribution in [0.2, 0.25) is 0 Å². The summed E-state index contributed by atoms with van der Waals surface area (Å²) in [7, 11) is 0. The molecule has 1 N–H and O–H groups in total. The standard InChI is InChI=1S/C7H11F2NOS/c8-6(9)3-10-7(11-4-6)1-2-12-5-7/h10H,1-5H2. The summed E-state index contributed by atoms with van der Waals surface area (Å²) in [5.41, 5.74) is -0.438. The van der Waals surface area contributed by atoms with Gasteiger partial charge < -0.3 is 4.74 Å². The van der Waals surface area contributed by atoms with E-state index in [4.69, 9.17) is 4.74 Å². The Morgan fingerprint density at radius 3 is 2.75 bits per heavy atom. The molecule has 2 fully saturated rings. The third kappa shape index (κ3) is 1.58. The summed E-state index contributed by atoms with van der Waals surface area (Å²) in [4.78, 5) is 0. The van der Waals surface area contributed by atoms with Crippen molar-refractivity contribution in [2.75, 3.05) is 24.7 Å². The van der Waals surface area contributed by atoms with E-state index in [9.17, 15) is 8.78 Å². The molecule has 1 atom stereocenters. The molecule has 0 amide bonds. The molecule has 0 bridgehead atoms. The normalized spacial score (nSPS) is 40.5. The average Bonchev–Trinajstić information content (AvgIpc) is 2.46. The fourth-order valence-corrected chi connectivity index (χ4v) is 2.71. The van der Waals surface area contributed by atoms with Crippen molar-refractivity contribution in [1.29, 1.82) is 0 Å². The van der Waals surface area contributed by atoms with E-state index in [0.29, 0.717) is 0 Å². The van der Waals surface area contributed by atoms with Crippen LogP contribution in [0.15, 0.2) is 0 Å². The van der Waals surface area contributed by atoms with Gasteiger partial charge in [-0.3, -0.25) is 5.32 Å². The maximum absolute atomic E-state index is 12.6. The van der Waals surface area contributed by atoms with Crippen LogP contribution in [0.25, 0.3) is 0 Å². The second-order valence-corrected chi connectivity index (χ2v) is 4.40. The first-order chi connectivity index (χ1) is 5.62. The molecular formula is C7H11F2NOS. The van der Waals surface area contributed by atoms with Crippen LogP contribution in [0.4, 0.5) is 8.78 Å². The first kappa shape index (κ1) is 8.72. The average molecular weight is 195 g/mol. The lowest BCUT2D eigenvalue weighted by molar-refractivity contribution is -0.183. The van der Waals surface area contributed by atoms with Gasteiger partial charge in [-0.25, -0.2) is 8.78 Å². The van der Waals surface area contributed by atoms with E-state index < -0.39 is 18.3 Å². The van der Waals surface area contributed by atoms with Crippen molar-refractivity contribution in [3.8, 4) is 0 Å². The minimum atomic E-state index is -2.68. The third-order valence-electron chi connectivity index (χ3n) is 2.21. The molecule has 2 aliphatic heterocycles. The van der Waals surface area contributed by atoms with Gasteiger partial charge in [-0.05, 0) is 12.2 Å². The molecule has 0 radical (unpaired) electrons. The van der Waals surface area contributed by atoms with Gasteiger partial charge in [-0.2, -0.15) is 11.8 Å². The quantitative estimate of drug-likeness (QED) is 0.625. The van der Waals surface area contributed by atoms with Crippen LogP contribution in [-0.4, -0.2) is 36.3 Å². The van der Waals surface area contributed by atoms with Crippen LogP contribution in [0, 0.1) is 0 Å². The van der Waals surface area contributed by atoms with Crippen molar-refractivity contribution in [2.24, 2.45) is 0 Å². The fourth-order valence-electron chi connectivity index (χ4n) is 1.44. The van der Waals surface area contributed by atoms with Crippen LogP contribution in [0.1, 0.15) is 6.42 Å². The lowest BCUT2D eigenvalue weighted by atomic mass is 10.1. The summed E-state index contributed by atoms with van der Waals surface area (Å²) in [6, 6.07) is 0. The largest absolute Gasteiger partial charge is 0.353 e. The second-order valence-electron chi connectivity index (χ2n) is 3.30. The summed E-state index contributed by atoms with van der Waals surface area (Å²) < 4.78 is 30.5. The Morgan fingerprint density at radius 2 is 2.25 bits per heavy atom. The van der Waals surface area contributed by atoms with Gasteiger partial charge in [-0.1, -0.05) is 0 Å². The highest BCUT2D eigenvalue weighted by Gasteiger charge is 2.45. The molecule has 5 heteroatoms. The summed E-state index contributed by atoms with van der Waals surface area (Å²) >= 11 is 1.75. The number of hydrogen-bond acceptors (Lipinski definition) is 3. The monoisotopic (exact) mass is 195 g/mol. The summed E-state index contributed by atoms with van der Waals surface area (Å²) in [5.74, 6) is -0.889. The molecule has 2 rings (SSSR count). The molecule has 0 saturated carbocycles. The third-order valence-corrected chi connectivity index (χ3v) is 3.38. The number of hydrogen-bond donors (Lipinski definition) is 1.